The van der Waals surface area contributed by atoms with Gasteiger partial charge in [0.05, 0.1) is 6.54 Å². The molecule has 18 heavy (non-hydrogen) atoms. The Balaban J connectivity index is 2.43. The molecule has 0 heterocycles. The highest BCUT2D eigenvalue weighted by Gasteiger charge is 2.11. The molecule has 0 saturated carbocycles. The number of carbonyl (C=O) groups excluding carboxylic acids is 2. The van der Waals surface area contributed by atoms with Gasteiger partial charge in [0.1, 0.15) is 0 Å². The third kappa shape index (κ3) is 4.86. The lowest BCUT2D eigenvalue weighted by molar-refractivity contribution is -0.118. The standard InChI is InChI=1S/C13H19N3O2/c1-10(2)14-13(18)15-12(17)9-16(3)11-7-5-4-6-8-11/h4-8,10H,9H2,1-3H3,(H2,14,15,17,18). The molecule has 0 aliphatic rings. The lowest BCUT2D eigenvalue weighted by Gasteiger charge is -2.18. The molecule has 1 aromatic rings. The largest absolute Gasteiger partial charge is 0.365 e. The average Bonchev–Trinajstić information content (AvgIpc) is 2.28. The van der Waals surface area contributed by atoms with Crippen molar-refractivity contribution in [1.82, 2.24) is 10.6 Å². The Bertz CT molecular complexity index is 404. The fourth-order valence-corrected chi connectivity index (χ4v) is 1.45. The van der Waals surface area contributed by atoms with E-state index in [9.17, 15) is 9.59 Å². The zero-order chi connectivity index (χ0) is 13.5. The summed E-state index contributed by atoms with van der Waals surface area (Å²) in [6.45, 7) is 3.80. The Kier molecular flexibility index (Phi) is 5.17. The Morgan fingerprint density at radius 1 is 1.22 bits per heavy atom. The summed E-state index contributed by atoms with van der Waals surface area (Å²) in [6, 6.07) is 9.06. The van der Waals surface area contributed by atoms with Gasteiger partial charge < -0.3 is 10.2 Å². The lowest BCUT2D eigenvalue weighted by Crippen LogP contribution is -2.45. The molecule has 2 N–H and O–H groups in total. The van der Waals surface area contributed by atoms with Gasteiger partial charge in [-0.25, -0.2) is 4.79 Å². The molecule has 0 aliphatic heterocycles. The molecular weight excluding hydrogens is 230 g/mol. The van der Waals surface area contributed by atoms with Gasteiger partial charge in [0, 0.05) is 18.8 Å². The third-order valence-corrected chi connectivity index (χ3v) is 2.25. The second-order valence-corrected chi connectivity index (χ2v) is 4.37. The summed E-state index contributed by atoms with van der Waals surface area (Å²) in [4.78, 5) is 24.7. The highest BCUT2D eigenvalue weighted by atomic mass is 16.2. The van der Waals surface area contributed by atoms with Gasteiger partial charge in [-0.2, -0.15) is 0 Å². The van der Waals surface area contributed by atoms with Crippen molar-refractivity contribution in [2.24, 2.45) is 0 Å². The van der Waals surface area contributed by atoms with E-state index in [1.807, 2.05) is 44.2 Å². The summed E-state index contributed by atoms with van der Waals surface area (Å²) < 4.78 is 0. The van der Waals surface area contributed by atoms with Crippen LogP contribution >= 0.6 is 0 Å². The number of benzene rings is 1. The van der Waals surface area contributed by atoms with E-state index in [2.05, 4.69) is 10.6 Å². The summed E-state index contributed by atoms with van der Waals surface area (Å²) in [5.41, 5.74) is 0.928. The van der Waals surface area contributed by atoms with Crippen LogP contribution in [0.5, 0.6) is 0 Å². The lowest BCUT2D eigenvalue weighted by atomic mass is 10.3. The van der Waals surface area contributed by atoms with E-state index in [1.165, 1.54) is 0 Å². The van der Waals surface area contributed by atoms with Crippen LogP contribution in [-0.4, -0.2) is 31.6 Å². The molecule has 1 rings (SSSR count). The first-order valence-corrected chi connectivity index (χ1v) is 5.85. The topological polar surface area (TPSA) is 61.4 Å². The average molecular weight is 249 g/mol. The molecule has 0 spiro atoms. The van der Waals surface area contributed by atoms with Crippen molar-refractivity contribution in [3.8, 4) is 0 Å². The Morgan fingerprint density at radius 3 is 2.39 bits per heavy atom. The van der Waals surface area contributed by atoms with Crippen molar-refractivity contribution in [3.63, 3.8) is 0 Å². The van der Waals surface area contributed by atoms with E-state index in [0.29, 0.717) is 0 Å². The number of anilines is 1. The van der Waals surface area contributed by atoms with Crippen molar-refractivity contribution in [1.29, 1.82) is 0 Å². The SMILES string of the molecule is CC(C)NC(=O)NC(=O)CN(C)c1ccccc1. The predicted molar refractivity (Wildman–Crippen MR) is 71.5 cm³/mol. The van der Waals surface area contributed by atoms with E-state index in [-0.39, 0.29) is 18.5 Å². The van der Waals surface area contributed by atoms with Gasteiger partial charge in [-0.15, -0.1) is 0 Å². The van der Waals surface area contributed by atoms with E-state index in [0.717, 1.165) is 5.69 Å². The molecule has 0 saturated heterocycles. The molecule has 0 unspecified atom stereocenters. The quantitative estimate of drug-likeness (QED) is 0.847. The highest BCUT2D eigenvalue weighted by Crippen LogP contribution is 2.09. The number of nitrogens with one attached hydrogen (secondary N) is 2. The maximum atomic E-state index is 11.6. The summed E-state index contributed by atoms with van der Waals surface area (Å²) in [6.07, 6.45) is 0. The molecule has 0 bridgehead atoms. The van der Waals surface area contributed by atoms with E-state index in [4.69, 9.17) is 0 Å². The Morgan fingerprint density at radius 2 is 1.83 bits per heavy atom. The minimum absolute atomic E-state index is 0.00431. The van der Waals surface area contributed by atoms with Crippen molar-refractivity contribution >= 4 is 17.6 Å². The molecule has 0 atom stereocenters. The zero-order valence-electron chi connectivity index (χ0n) is 10.9. The van der Waals surface area contributed by atoms with E-state index >= 15 is 0 Å². The molecule has 1 aromatic carbocycles. The molecule has 5 heteroatoms. The zero-order valence-corrected chi connectivity index (χ0v) is 10.9. The van der Waals surface area contributed by atoms with Crippen molar-refractivity contribution < 1.29 is 9.59 Å². The van der Waals surface area contributed by atoms with Crippen LogP contribution in [0, 0.1) is 0 Å². The smallest absolute Gasteiger partial charge is 0.321 e. The van der Waals surface area contributed by atoms with Gasteiger partial charge in [-0.1, -0.05) is 18.2 Å². The normalized spacial score (nSPS) is 10.0. The number of carbonyl (C=O) groups is 2. The Labute approximate surface area is 107 Å². The second-order valence-electron chi connectivity index (χ2n) is 4.37. The van der Waals surface area contributed by atoms with Gasteiger partial charge in [0.2, 0.25) is 5.91 Å². The van der Waals surface area contributed by atoms with Crippen LogP contribution in [0.3, 0.4) is 0 Å². The summed E-state index contributed by atoms with van der Waals surface area (Å²) in [5, 5.41) is 4.88. The van der Waals surface area contributed by atoms with Crippen LogP contribution in [0.4, 0.5) is 10.5 Å². The molecular formula is C13H19N3O2. The number of likely N-dealkylation sites (N-methyl/N-ethyl adjacent to an activating group) is 1. The number of urea groups is 1. The van der Waals surface area contributed by atoms with Crippen LogP contribution in [0.15, 0.2) is 30.3 Å². The first kappa shape index (κ1) is 14.0. The van der Waals surface area contributed by atoms with Crippen molar-refractivity contribution in [2.45, 2.75) is 19.9 Å². The number of nitrogens with zero attached hydrogens (tertiary/aromatic N) is 1. The van der Waals surface area contributed by atoms with Crippen LogP contribution in [0.25, 0.3) is 0 Å². The number of rotatable bonds is 4. The maximum Gasteiger partial charge on any atom is 0.321 e. The monoisotopic (exact) mass is 249 g/mol. The van der Waals surface area contributed by atoms with Gasteiger partial charge in [0.15, 0.2) is 0 Å². The number of hydrogen-bond donors (Lipinski definition) is 2. The van der Waals surface area contributed by atoms with Gasteiger partial charge in [0.25, 0.3) is 0 Å². The van der Waals surface area contributed by atoms with Crippen molar-refractivity contribution in [3.05, 3.63) is 30.3 Å². The van der Waals surface area contributed by atoms with Crippen LogP contribution in [0.2, 0.25) is 0 Å². The maximum absolute atomic E-state index is 11.6. The highest BCUT2D eigenvalue weighted by molar-refractivity contribution is 5.96. The van der Waals surface area contributed by atoms with E-state index in [1.54, 1.807) is 11.9 Å². The minimum Gasteiger partial charge on any atom is -0.365 e. The molecule has 5 nitrogen and oxygen atoms in total. The summed E-state index contributed by atoms with van der Waals surface area (Å²) in [5.74, 6) is -0.334. The Hall–Kier alpha value is -2.04. The van der Waals surface area contributed by atoms with E-state index < -0.39 is 6.03 Å². The number of imide groups is 1. The van der Waals surface area contributed by atoms with Crippen molar-refractivity contribution in [2.75, 3.05) is 18.5 Å². The second kappa shape index (κ2) is 6.64. The van der Waals surface area contributed by atoms with Gasteiger partial charge in [-0.05, 0) is 26.0 Å². The molecule has 0 aliphatic carbocycles. The molecule has 0 fully saturated rings. The fraction of sp³-hybridized carbons (Fsp3) is 0.385. The number of para-hydroxylation sites is 1. The van der Waals surface area contributed by atoms with Gasteiger partial charge >= 0.3 is 6.03 Å². The molecule has 3 amide bonds. The van der Waals surface area contributed by atoms with Crippen LogP contribution < -0.4 is 15.5 Å². The first-order valence-electron chi connectivity index (χ1n) is 5.85. The minimum atomic E-state index is -0.462. The van der Waals surface area contributed by atoms with Crippen LogP contribution in [-0.2, 0) is 4.79 Å². The fourth-order valence-electron chi connectivity index (χ4n) is 1.45. The van der Waals surface area contributed by atoms with Gasteiger partial charge in [-0.3, -0.25) is 10.1 Å². The molecule has 0 aromatic heterocycles. The summed E-state index contributed by atoms with van der Waals surface area (Å²) in [7, 11) is 1.80. The predicted octanol–water partition coefficient (Wildman–Crippen LogP) is 1.36. The number of amides is 3. The number of hydrogen-bond acceptors (Lipinski definition) is 3. The van der Waals surface area contributed by atoms with Crippen LogP contribution in [0.1, 0.15) is 13.8 Å². The molecule has 98 valence electrons. The molecule has 0 radical (unpaired) electrons. The summed E-state index contributed by atoms with van der Waals surface area (Å²) >= 11 is 0. The first-order chi connectivity index (χ1) is 8.49. The third-order valence-electron chi connectivity index (χ3n) is 2.25.